The Bertz CT molecular complexity index is 194. The maximum Gasteiger partial charge on any atom is 0.0517 e. The summed E-state index contributed by atoms with van der Waals surface area (Å²) in [5.41, 5.74) is 6.65. The number of nitrogens with two attached hydrogens (primary N) is 1. The van der Waals surface area contributed by atoms with Crippen molar-refractivity contribution in [2.24, 2.45) is 11.7 Å². The van der Waals surface area contributed by atoms with Gasteiger partial charge in [-0.25, -0.2) is 0 Å². The molecular formula is C9H17N3. The molecule has 0 aliphatic heterocycles. The topological polar surface area (TPSA) is 53.8 Å². The number of aromatic nitrogens is 1. The van der Waals surface area contributed by atoms with E-state index in [-0.39, 0.29) is 0 Å². The van der Waals surface area contributed by atoms with E-state index >= 15 is 0 Å². The number of nitrogens with one attached hydrogen (secondary N) is 2. The molecule has 3 heteroatoms. The Labute approximate surface area is 73.4 Å². The fourth-order valence-corrected chi connectivity index (χ4v) is 1.01. The predicted molar refractivity (Wildman–Crippen MR) is 52.1 cm³/mol. The number of anilines is 1. The van der Waals surface area contributed by atoms with Gasteiger partial charge in [0, 0.05) is 18.9 Å². The summed E-state index contributed by atoms with van der Waals surface area (Å²) in [6, 6.07) is 2.02. The van der Waals surface area contributed by atoms with Crippen LogP contribution in [0.2, 0.25) is 0 Å². The molecule has 0 aliphatic carbocycles. The lowest BCUT2D eigenvalue weighted by Gasteiger charge is -2.08. The van der Waals surface area contributed by atoms with Crippen molar-refractivity contribution in [2.45, 2.75) is 13.3 Å². The predicted octanol–water partition coefficient (Wildman–Crippen LogP) is 1.41. The molecule has 0 fully saturated rings. The Kier molecular flexibility index (Phi) is 3.67. The summed E-state index contributed by atoms with van der Waals surface area (Å²) < 4.78 is 0. The highest BCUT2D eigenvalue weighted by Crippen LogP contribution is 2.05. The van der Waals surface area contributed by atoms with Crippen LogP contribution in [0.1, 0.15) is 13.3 Å². The van der Waals surface area contributed by atoms with E-state index in [1.807, 2.05) is 18.5 Å². The maximum absolute atomic E-state index is 5.50. The van der Waals surface area contributed by atoms with Gasteiger partial charge < -0.3 is 16.0 Å². The Morgan fingerprint density at radius 2 is 2.50 bits per heavy atom. The molecule has 4 N–H and O–H groups in total. The number of hydrogen-bond donors (Lipinski definition) is 3. The van der Waals surface area contributed by atoms with E-state index in [1.165, 1.54) is 0 Å². The van der Waals surface area contributed by atoms with Gasteiger partial charge >= 0.3 is 0 Å². The van der Waals surface area contributed by atoms with E-state index in [0.29, 0.717) is 5.92 Å². The molecule has 0 aliphatic rings. The summed E-state index contributed by atoms with van der Waals surface area (Å²) in [4.78, 5) is 2.99. The Morgan fingerprint density at radius 3 is 3.08 bits per heavy atom. The summed E-state index contributed by atoms with van der Waals surface area (Å²) in [6.07, 6.45) is 4.99. The molecule has 0 saturated heterocycles. The van der Waals surface area contributed by atoms with E-state index in [4.69, 9.17) is 5.73 Å². The van der Waals surface area contributed by atoms with E-state index in [1.54, 1.807) is 0 Å². The van der Waals surface area contributed by atoms with Crippen LogP contribution in [0.25, 0.3) is 0 Å². The third-order valence-electron chi connectivity index (χ3n) is 1.97. The van der Waals surface area contributed by atoms with Gasteiger partial charge in [-0.2, -0.15) is 0 Å². The van der Waals surface area contributed by atoms with Crippen molar-refractivity contribution in [1.29, 1.82) is 0 Å². The molecule has 1 rings (SSSR count). The minimum absolute atomic E-state index is 0.608. The third-order valence-corrected chi connectivity index (χ3v) is 1.97. The van der Waals surface area contributed by atoms with Crippen LogP contribution in [-0.4, -0.2) is 18.1 Å². The molecule has 0 aromatic carbocycles. The first-order valence-electron chi connectivity index (χ1n) is 4.39. The van der Waals surface area contributed by atoms with Crippen LogP contribution in [0.15, 0.2) is 18.5 Å². The lowest BCUT2D eigenvalue weighted by molar-refractivity contribution is 0.561. The highest BCUT2D eigenvalue weighted by molar-refractivity contribution is 5.39. The molecule has 0 amide bonds. The summed E-state index contributed by atoms with van der Waals surface area (Å²) in [5, 5.41) is 3.30. The van der Waals surface area contributed by atoms with E-state index in [9.17, 15) is 0 Å². The van der Waals surface area contributed by atoms with Gasteiger partial charge in [-0.3, -0.25) is 0 Å². The molecule has 1 heterocycles. The minimum Gasteiger partial charge on any atom is -0.384 e. The zero-order valence-corrected chi connectivity index (χ0v) is 7.51. The van der Waals surface area contributed by atoms with Gasteiger partial charge in [-0.15, -0.1) is 0 Å². The second-order valence-corrected chi connectivity index (χ2v) is 3.16. The van der Waals surface area contributed by atoms with E-state index in [2.05, 4.69) is 17.2 Å². The summed E-state index contributed by atoms with van der Waals surface area (Å²) in [6.45, 7) is 3.93. The number of aromatic amines is 1. The standard InChI is InChI=1S/C9H17N3/c1-8(6-10)2-5-12-9-3-4-11-7-9/h3-4,7-8,11-12H,2,5-6,10H2,1H3. The lowest BCUT2D eigenvalue weighted by Crippen LogP contribution is -2.14. The van der Waals surface area contributed by atoms with Gasteiger partial charge in [-0.05, 0) is 24.9 Å². The molecule has 12 heavy (non-hydrogen) atoms. The van der Waals surface area contributed by atoms with Crippen molar-refractivity contribution < 1.29 is 0 Å². The minimum atomic E-state index is 0.608. The van der Waals surface area contributed by atoms with Crippen LogP contribution in [0.3, 0.4) is 0 Å². The van der Waals surface area contributed by atoms with Gasteiger partial charge in [0.15, 0.2) is 0 Å². The summed E-state index contributed by atoms with van der Waals surface area (Å²) in [5.74, 6) is 0.608. The van der Waals surface area contributed by atoms with Crippen molar-refractivity contribution in [1.82, 2.24) is 4.98 Å². The molecule has 0 saturated carbocycles. The Hall–Kier alpha value is -0.960. The SMILES string of the molecule is CC(CN)CCNc1cc[nH]c1. The van der Waals surface area contributed by atoms with Crippen LogP contribution < -0.4 is 11.1 Å². The average Bonchev–Trinajstić information content (AvgIpc) is 2.57. The Morgan fingerprint density at radius 1 is 1.67 bits per heavy atom. The fourth-order valence-electron chi connectivity index (χ4n) is 1.01. The first kappa shape index (κ1) is 9.13. The highest BCUT2D eigenvalue weighted by Gasteiger charge is 1.97. The molecule has 1 atom stereocenters. The van der Waals surface area contributed by atoms with Crippen molar-refractivity contribution in [3.63, 3.8) is 0 Å². The molecule has 3 nitrogen and oxygen atoms in total. The molecule has 0 bridgehead atoms. The molecule has 1 aromatic rings. The van der Waals surface area contributed by atoms with Crippen LogP contribution in [0.4, 0.5) is 5.69 Å². The quantitative estimate of drug-likeness (QED) is 0.621. The second kappa shape index (κ2) is 4.83. The molecular weight excluding hydrogens is 150 g/mol. The fraction of sp³-hybridized carbons (Fsp3) is 0.556. The Balaban J connectivity index is 2.11. The number of rotatable bonds is 5. The second-order valence-electron chi connectivity index (χ2n) is 3.16. The zero-order chi connectivity index (χ0) is 8.81. The maximum atomic E-state index is 5.50. The highest BCUT2D eigenvalue weighted by atomic mass is 14.9. The largest absolute Gasteiger partial charge is 0.384 e. The molecule has 0 radical (unpaired) electrons. The smallest absolute Gasteiger partial charge is 0.0517 e. The third kappa shape index (κ3) is 2.96. The summed E-state index contributed by atoms with van der Waals surface area (Å²) >= 11 is 0. The molecule has 0 spiro atoms. The van der Waals surface area contributed by atoms with Gasteiger partial charge in [0.25, 0.3) is 0 Å². The lowest BCUT2D eigenvalue weighted by atomic mass is 10.1. The van der Waals surface area contributed by atoms with Gasteiger partial charge in [0.05, 0.1) is 5.69 Å². The molecule has 1 aromatic heterocycles. The monoisotopic (exact) mass is 167 g/mol. The van der Waals surface area contributed by atoms with E-state index in [0.717, 1.165) is 25.2 Å². The van der Waals surface area contributed by atoms with Crippen LogP contribution in [0.5, 0.6) is 0 Å². The number of hydrogen-bond acceptors (Lipinski definition) is 2. The van der Waals surface area contributed by atoms with Crippen LogP contribution >= 0.6 is 0 Å². The summed E-state index contributed by atoms with van der Waals surface area (Å²) in [7, 11) is 0. The zero-order valence-electron chi connectivity index (χ0n) is 7.51. The van der Waals surface area contributed by atoms with E-state index < -0.39 is 0 Å². The van der Waals surface area contributed by atoms with Crippen molar-refractivity contribution in [3.05, 3.63) is 18.5 Å². The normalized spacial score (nSPS) is 12.8. The number of H-pyrrole nitrogens is 1. The first-order chi connectivity index (χ1) is 5.83. The van der Waals surface area contributed by atoms with Gasteiger partial charge in [-0.1, -0.05) is 6.92 Å². The van der Waals surface area contributed by atoms with Crippen molar-refractivity contribution in [3.8, 4) is 0 Å². The van der Waals surface area contributed by atoms with Gasteiger partial charge in [0.1, 0.15) is 0 Å². The van der Waals surface area contributed by atoms with Crippen LogP contribution in [0, 0.1) is 5.92 Å². The molecule has 68 valence electrons. The molecule has 1 unspecified atom stereocenters. The van der Waals surface area contributed by atoms with Crippen molar-refractivity contribution in [2.75, 3.05) is 18.4 Å². The average molecular weight is 167 g/mol. The van der Waals surface area contributed by atoms with Gasteiger partial charge in [0.2, 0.25) is 0 Å². The van der Waals surface area contributed by atoms with Crippen LogP contribution in [-0.2, 0) is 0 Å². The van der Waals surface area contributed by atoms with Crippen molar-refractivity contribution >= 4 is 5.69 Å². The first-order valence-corrected chi connectivity index (χ1v) is 4.39.